The molecule has 8 heteroatoms. The molecule has 8 nitrogen and oxygen atoms in total. The largest absolute Gasteiger partial charge is 0.460 e. The summed E-state index contributed by atoms with van der Waals surface area (Å²) in [6.45, 7) is 7.84. The fourth-order valence-corrected chi connectivity index (χ4v) is 3.28. The minimum atomic E-state index is -0.650. The summed E-state index contributed by atoms with van der Waals surface area (Å²) in [6.07, 6.45) is 5.03. The number of nitrogens with zero attached hydrogens (tertiary/aromatic N) is 2. The topological polar surface area (TPSA) is 116 Å². The predicted molar refractivity (Wildman–Crippen MR) is 97.5 cm³/mol. The molecule has 0 bridgehead atoms. The quantitative estimate of drug-likeness (QED) is 0.572. The fraction of sp³-hybridized carbons (Fsp3) is 0.579. The SMILES string of the molecule is Cc1nc(C(=O)N2CCC[C@@H]2C(=O)O[C@H](C(C)C)[C@H](C)/C=C/C(N)=O)co1. The van der Waals surface area contributed by atoms with Gasteiger partial charge >= 0.3 is 5.97 Å². The summed E-state index contributed by atoms with van der Waals surface area (Å²) in [7, 11) is 0. The molecule has 0 spiro atoms. The van der Waals surface area contributed by atoms with Gasteiger partial charge in [0.25, 0.3) is 5.91 Å². The maximum atomic E-state index is 12.8. The summed E-state index contributed by atoms with van der Waals surface area (Å²) in [5.41, 5.74) is 5.32. The smallest absolute Gasteiger partial charge is 0.329 e. The highest BCUT2D eigenvalue weighted by molar-refractivity contribution is 5.95. The first-order valence-electron chi connectivity index (χ1n) is 9.12. The van der Waals surface area contributed by atoms with E-state index in [-0.39, 0.29) is 23.4 Å². The van der Waals surface area contributed by atoms with Crippen LogP contribution in [0.15, 0.2) is 22.8 Å². The Bertz CT molecular complexity index is 725. The Morgan fingerprint density at radius 2 is 2.07 bits per heavy atom. The van der Waals surface area contributed by atoms with E-state index in [1.54, 1.807) is 13.0 Å². The van der Waals surface area contributed by atoms with E-state index in [0.29, 0.717) is 25.3 Å². The molecule has 1 aliphatic heterocycles. The van der Waals surface area contributed by atoms with Crippen molar-refractivity contribution in [2.45, 2.75) is 52.7 Å². The molecular formula is C19H27N3O5. The molecule has 0 radical (unpaired) electrons. The first-order valence-corrected chi connectivity index (χ1v) is 9.12. The molecule has 3 atom stereocenters. The first-order chi connectivity index (χ1) is 12.7. The maximum absolute atomic E-state index is 12.8. The van der Waals surface area contributed by atoms with Crippen molar-refractivity contribution in [2.24, 2.45) is 17.6 Å². The molecular weight excluding hydrogens is 350 g/mol. The van der Waals surface area contributed by atoms with Crippen molar-refractivity contribution in [3.8, 4) is 0 Å². The number of esters is 1. The number of carbonyl (C=O) groups excluding carboxylic acids is 3. The number of nitrogens with two attached hydrogens (primary N) is 1. The summed E-state index contributed by atoms with van der Waals surface area (Å²) < 4.78 is 10.8. The van der Waals surface area contributed by atoms with Crippen LogP contribution in [0.1, 0.15) is 50.0 Å². The zero-order valence-electron chi connectivity index (χ0n) is 16.2. The highest BCUT2D eigenvalue weighted by atomic mass is 16.5. The van der Waals surface area contributed by atoms with Gasteiger partial charge < -0.3 is 19.8 Å². The number of hydrogen-bond donors (Lipinski definition) is 1. The van der Waals surface area contributed by atoms with Gasteiger partial charge in [0.2, 0.25) is 5.91 Å². The van der Waals surface area contributed by atoms with Crippen molar-refractivity contribution >= 4 is 17.8 Å². The number of rotatable bonds is 7. The Balaban J connectivity index is 2.09. The molecule has 2 rings (SSSR count). The van der Waals surface area contributed by atoms with Gasteiger partial charge in [-0.2, -0.15) is 0 Å². The number of likely N-dealkylation sites (tertiary alicyclic amines) is 1. The molecule has 27 heavy (non-hydrogen) atoms. The molecule has 2 amide bonds. The Labute approximate surface area is 158 Å². The lowest BCUT2D eigenvalue weighted by molar-refractivity contribution is -0.158. The minimum Gasteiger partial charge on any atom is -0.460 e. The highest BCUT2D eigenvalue weighted by Crippen LogP contribution is 2.25. The van der Waals surface area contributed by atoms with Gasteiger partial charge in [0.15, 0.2) is 11.6 Å². The summed E-state index contributed by atoms with van der Waals surface area (Å²) in [5.74, 6) is -1.10. The third-order valence-corrected chi connectivity index (χ3v) is 4.62. The number of primary amides is 1. The van der Waals surface area contributed by atoms with Gasteiger partial charge in [-0.3, -0.25) is 9.59 Å². The molecule has 2 N–H and O–H groups in total. The average Bonchev–Trinajstić information content (AvgIpc) is 3.25. The maximum Gasteiger partial charge on any atom is 0.329 e. The third kappa shape index (κ3) is 5.18. The van der Waals surface area contributed by atoms with Crippen molar-refractivity contribution in [1.29, 1.82) is 0 Å². The number of ether oxygens (including phenoxy) is 1. The molecule has 1 aliphatic rings. The number of oxazole rings is 1. The number of hydrogen-bond acceptors (Lipinski definition) is 6. The van der Waals surface area contributed by atoms with Crippen LogP contribution < -0.4 is 5.73 Å². The van der Waals surface area contributed by atoms with Crippen LogP contribution in [0.5, 0.6) is 0 Å². The number of amides is 2. The molecule has 0 aliphatic carbocycles. The number of carbonyl (C=O) groups is 3. The molecule has 1 aromatic rings. The average molecular weight is 377 g/mol. The summed E-state index contributed by atoms with van der Waals surface area (Å²) in [6, 6.07) is -0.650. The van der Waals surface area contributed by atoms with Crippen molar-refractivity contribution in [3.05, 3.63) is 30.0 Å². The lowest BCUT2D eigenvalue weighted by Crippen LogP contribution is -2.44. The Hall–Kier alpha value is -2.64. The molecule has 1 fully saturated rings. The van der Waals surface area contributed by atoms with E-state index in [2.05, 4.69) is 4.98 Å². The second kappa shape index (κ2) is 8.83. The first kappa shape index (κ1) is 20.7. The van der Waals surface area contributed by atoms with Gasteiger partial charge in [-0.05, 0) is 24.8 Å². The van der Waals surface area contributed by atoms with Crippen LogP contribution in [-0.4, -0.2) is 46.4 Å². The Morgan fingerprint density at radius 3 is 2.63 bits per heavy atom. The summed E-state index contributed by atoms with van der Waals surface area (Å²) in [4.78, 5) is 41.9. The molecule has 0 unspecified atom stereocenters. The molecule has 0 aromatic carbocycles. The second-order valence-corrected chi connectivity index (χ2v) is 7.17. The van der Waals surface area contributed by atoms with Gasteiger partial charge in [0.1, 0.15) is 18.4 Å². The van der Waals surface area contributed by atoms with E-state index in [1.165, 1.54) is 17.2 Å². The van der Waals surface area contributed by atoms with Gasteiger partial charge in [-0.15, -0.1) is 0 Å². The molecule has 1 aromatic heterocycles. The van der Waals surface area contributed by atoms with Gasteiger partial charge in [-0.1, -0.05) is 26.8 Å². The predicted octanol–water partition coefficient (Wildman–Crippen LogP) is 1.83. The monoisotopic (exact) mass is 377 g/mol. The minimum absolute atomic E-state index is 0.0326. The molecule has 148 valence electrons. The Kier molecular flexibility index (Phi) is 6.76. The Morgan fingerprint density at radius 1 is 1.37 bits per heavy atom. The van der Waals surface area contributed by atoms with Crippen LogP contribution in [0, 0.1) is 18.8 Å². The van der Waals surface area contributed by atoms with Gasteiger partial charge in [-0.25, -0.2) is 9.78 Å². The van der Waals surface area contributed by atoms with E-state index < -0.39 is 24.0 Å². The zero-order valence-corrected chi connectivity index (χ0v) is 16.2. The number of aryl methyl sites for hydroxylation is 1. The van der Waals surface area contributed by atoms with Crippen LogP contribution in [0.2, 0.25) is 0 Å². The van der Waals surface area contributed by atoms with Crippen LogP contribution in [0.25, 0.3) is 0 Å². The van der Waals surface area contributed by atoms with E-state index in [4.69, 9.17) is 14.9 Å². The zero-order chi connectivity index (χ0) is 20.1. The third-order valence-electron chi connectivity index (χ3n) is 4.62. The second-order valence-electron chi connectivity index (χ2n) is 7.17. The van der Waals surface area contributed by atoms with E-state index >= 15 is 0 Å². The van der Waals surface area contributed by atoms with Crippen LogP contribution >= 0.6 is 0 Å². The fourth-order valence-electron chi connectivity index (χ4n) is 3.28. The van der Waals surface area contributed by atoms with E-state index in [0.717, 1.165) is 0 Å². The summed E-state index contributed by atoms with van der Waals surface area (Å²) >= 11 is 0. The van der Waals surface area contributed by atoms with E-state index in [9.17, 15) is 14.4 Å². The molecule has 1 saturated heterocycles. The van der Waals surface area contributed by atoms with Crippen LogP contribution in [-0.2, 0) is 14.3 Å². The molecule has 0 saturated carbocycles. The normalized spacial score (nSPS) is 19.4. The lowest BCUT2D eigenvalue weighted by atomic mass is 9.94. The standard InChI is InChI=1S/C19H27N3O5/c1-11(2)17(12(3)7-8-16(20)23)27-19(25)15-6-5-9-22(15)18(24)14-10-26-13(4)21-14/h7-8,10-12,15,17H,5-6,9H2,1-4H3,(H2,20,23)/b8-7+/t12-,15-,17-/m1/s1. The van der Waals surface area contributed by atoms with Crippen LogP contribution in [0.3, 0.4) is 0 Å². The van der Waals surface area contributed by atoms with Crippen molar-refractivity contribution in [1.82, 2.24) is 9.88 Å². The number of aromatic nitrogens is 1. The van der Waals surface area contributed by atoms with Crippen molar-refractivity contribution in [2.75, 3.05) is 6.54 Å². The van der Waals surface area contributed by atoms with Gasteiger partial charge in [0, 0.05) is 19.4 Å². The highest BCUT2D eigenvalue weighted by Gasteiger charge is 2.38. The van der Waals surface area contributed by atoms with E-state index in [1.807, 2.05) is 20.8 Å². The van der Waals surface area contributed by atoms with Crippen LogP contribution in [0.4, 0.5) is 0 Å². The van der Waals surface area contributed by atoms with Crippen molar-refractivity contribution in [3.63, 3.8) is 0 Å². The van der Waals surface area contributed by atoms with Crippen molar-refractivity contribution < 1.29 is 23.5 Å². The lowest BCUT2D eigenvalue weighted by Gasteiger charge is -2.29. The summed E-state index contributed by atoms with van der Waals surface area (Å²) in [5, 5.41) is 0. The molecule has 2 heterocycles. The van der Waals surface area contributed by atoms with Gasteiger partial charge in [0.05, 0.1) is 0 Å².